The lowest BCUT2D eigenvalue weighted by Gasteiger charge is -2.29. The molecule has 0 radical (unpaired) electrons. The number of halogens is 4. The van der Waals surface area contributed by atoms with Gasteiger partial charge in [0.05, 0.1) is 11.1 Å². The van der Waals surface area contributed by atoms with E-state index in [0.29, 0.717) is 35.1 Å². The van der Waals surface area contributed by atoms with Crippen molar-refractivity contribution in [1.29, 1.82) is 0 Å². The fourth-order valence-electron chi connectivity index (χ4n) is 4.22. The maximum Gasteiger partial charge on any atom is 0.471 e. The highest BCUT2D eigenvalue weighted by atomic mass is 79.9. The van der Waals surface area contributed by atoms with Gasteiger partial charge in [-0.25, -0.2) is 9.67 Å². The van der Waals surface area contributed by atoms with Crippen molar-refractivity contribution in [2.45, 2.75) is 26.1 Å². The van der Waals surface area contributed by atoms with Crippen LogP contribution in [0.3, 0.4) is 0 Å². The first-order valence-corrected chi connectivity index (χ1v) is 11.9. The number of amides is 1. The topological polar surface area (TPSA) is 88.0 Å². The fraction of sp³-hybridized carbons (Fsp3) is 0.250. The standard InChI is InChI=1S/C24H21BrF3N7O/c1-13-4-3-5-18(25)19(13)31-20-17-11-29-23(32-21(17)34(2)33-20)30-16-7-6-14-8-9-35(12-15(14)10-16)22(36)24(26,27)28/h3-7,10-11H,8-9,12H2,1-2H3,(H,31,33)(H,29,30,32). The lowest BCUT2D eigenvalue weighted by molar-refractivity contribution is -0.186. The van der Waals surface area contributed by atoms with Crippen LogP contribution in [-0.2, 0) is 24.8 Å². The molecule has 3 heterocycles. The Balaban J connectivity index is 1.38. The normalized spacial score (nSPS) is 13.6. The number of anilines is 4. The summed E-state index contributed by atoms with van der Waals surface area (Å²) < 4.78 is 41.1. The second kappa shape index (κ2) is 9.08. The van der Waals surface area contributed by atoms with E-state index in [0.717, 1.165) is 31.6 Å². The van der Waals surface area contributed by atoms with Gasteiger partial charge < -0.3 is 15.5 Å². The van der Waals surface area contributed by atoms with Crippen molar-refractivity contribution in [3.8, 4) is 0 Å². The predicted octanol–water partition coefficient (Wildman–Crippen LogP) is 5.37. The third-order valence-electron chi connectivity index (χ3n) is 6.05. The van der Waals surface area contributed by atoms with Gasteiger partial charge in [0.1, 0.15) is 0 Å². The third kappa shape index (κ3) is 4.60. The van der Waals surface area contributed by atoms with Gasteiger partial charge in [-0.1, -0.05) is 18.2 Å². The summed E-state index contributed by atoms with van der Waals surface area (Å²) in [5, 5.41) is 11.7. The van der Waals surface area contributed by atoms with Crippen LogP contribution in [0.15, 0.2) is 47.1 Å². The van der Waals surface area contributed by atoms with Crippen LogP contribution in [0.5, 0.6) is 0 Å². The van der Waals surface area contributed by atoms with Gasteiger partial charge in [-0.2, -0.15) is 23.3 Å². The Hall–Kier alpha value is -3.67. The second-order valence-corrected chi connectivity index (χ2v) is 9.40. The minimum atomic E-state index is -4.89. The number of para-hydroxylation sites is 1. The monoisotopic (exact) mass is 559 g/mol. The molecule has 0 saturated carbocycles. The summed E-state index contributed by atoms with van der Waals surface area (Å²) in [5.74, 6) is -0.899. The SMILES string of the molecule is Cc1cccc(Br)c1Nc1nn(C)c2nc(Nc3ccc4c(c3)CN(C(=O)C(F)(F)F)CC4)ncc12. The Morgan fingerprint density at radius 2 is 1.94 bits per heavy atom. The molecular formula is C24H21BrF3N7O. The van der Waals surface area contributed by atoms with Crippen molar-refractivity contribution >= 4 is 56.0 Å². The zero-order valence-electron chi connectivity index (χ0n) is 19.3. The molecule has 0 saturated heterocycles. The largest absolute Gasteiger partial charge is 0.471 e. The Labute approximate surface area is 212 Å². The van der Waals surface area contributed by atoms with E-state index in [9.17, 15) is 18.0 Å². The molecule has 5 rings (SSSR count). The summed E-state index contributed by atoms with van der Waals surface area (Å²) in [5.41, 5.74) is 4.71. The molecule has 0 atom stereocenters. The number of carbonyl (C=O) groups is 1. The number of aryl methyl sites for hydroxylation is 2. The van der Waals surface area contributed by atoms with Crippen LogP contribution in [0.1, 0.15) is 16.7 Å². The summed E-state index contributed by atoms with van der Waals surface area (Å²) in [6.45, 7) is 1.93. The first-order chi connectivity index (χ1) is 17.1. The number of fused-ring (bicyclic) bond motifs is 2. The predicted molar refractivity (Wildman–Crippen MR) is 133 cm³/mol. The highest BCUT2D eigenvalue weighted by molar-refractivity contribution is 9.10. The molecule has 4 aromatic rings. The van der Waals surface area contributed by atoms with Crippen LogP contribution in [0.2, 0.25) is 0 Å². The highest BCUT2D eigenvalue weighted by Gasteiger charge is 2.43. The number of rotatable bonds is 4. The number of nitrogens with one attached hydrogen (secondary N) is 2. The summed E-state index contributed by atoms with van der Waals surface area (Å²) in [4.78, 5) is 21.5. The maximum absolute atomic E-state index is 12.9. The number of hydrogen-bond donors (Lipinski definition) is 2. The van der Waals surface area contributed by atoms with E-state index < -0.39 is 12.1 Å². The number of benzene rings is 2. The Morgan fingerprint density at radius 1 is 1.14 bits per heavy atom. The molecule has 0 unspecified atom stereocenters. The maximum atomic E-state index is 12.9. The van der Waals surface area contributed by atoms with Gasteiger partial charge in [0.25, 0.3) is 0 Å². The number of alkyl halides is 3. The quantitative estimate of drug-likeness (QED) is 0.349. The van der Waals surface area contributed by atoms with Crippen LogP contribution in [-0.4, -0.2) is 43.3 Å². The number of hydrogen-bond acceptors (Lipinski definition) is 6. The van der Waals surface area contributed by atoms with Crippen LogP contribution in [0.25, 0.3) is 11.0 Å². The van der Waals surface area contributed by atoms with Crippen molar-refractivity contribution in [3.05, 3.63) is 63.8 Å². The first kappa shape index (κ1) is 24.0. The molecule has 2 N–H and O–H groups in total. The lowest BCUT2D eigenvalue weighted by Crippen LogP contribution is -2.43. The Morgan fingerprint density at radius 3 is 2.69 bits per heavy atom. The van der Waals surface area contributed by atoms with Gasteiger partial charge in [0.2, 0.25) is 5.95 Å². The van der Waals surface area contributed by atoms with E-state index >= 15 is 0 Å². The lowest BCUT2D eigenvalue weighted by atomic mass is 9.99. The van der Waals surface area contributed by atoms with Crippen molar-refractivity contribution < 1.29 is 18.0 Å². The third-order valence-corrected chi connectivity index (χ3v) is 6.71. The van der Waals surface area contributed by atoms with Crippen LogP contribution in [0, 0.1) is 6.92 Å². The Bertz CT molecular complexity index is 1460. The summed E-state index contributed by atoms with van der Waals surface area (Å²) in [6.07, 6.45) is -2.86. The highest BCUT2D eigenvalue weighted by Crippen LogP contribution is 2.32. The van der Waals surface area contributed by atoms with Gasteiger partial charge in [-0.05, 0) is 64.2 Å². The minimum Gasteiger partial charge on any atom is -0.337 e. The molecule has 8 nitrogen and oxygen atoms in total. The van der Waals surface area contributed by atoms with Gasteiger partial charge >= 0.3 is 12.1 Å². The van der Waals surface area contributed by atoms with E-state index in [4.69, 9.17) is 0 Å². The van der Waals surface area contributed by atoms with Gasteiger partial charge in [0.15, 0.2) is 11.5 Å². The van der Waals surface area contributed by atoms with Crippen molar-refractivity contribution in [1.82, 2.24) is 24.6 Å². The molecule has 0 spiro atoms. The molecule has 36 heavy (non-hydrogen) atoms. The number of nitrogens with zero attached hydrogens (tertiary/aromatic N) is 5. The minimum absolute atomic E-state index is 0.0355. The number of carbonyl (C=O) groups excluding carboxylic acids is 1. The molecule has 0 fully saturated rings. The zero-order chi connectivity index (χ0) is 25.6. The average molecular weight is 560 g/mol. The van der Waals surface area contributed by atoms with Gasteiger partial charge in [0, 0.05) is 36.5 Å². The summed E-state index contributed by atoms with van der Waals surface area (Å²) in [7, 11) is 1.78. The molecule has 2 aromatic heterocycles. The molecule has 0 bridgehead atoms. The van der Waals surface area contributed by atoms with E-state index in [-0.39, 0.29) is 13.1 Å². The van der Waals surface area contributed by atoms with Crippen LogP contribution in [0.4, 0.5) is 36.3 Å². The summed E-state index contributed by atoms with van der Waals surface area (Å²) in [6, 6.07) is 11.3. The van der Waals surface area contributed by atoms with Gasteiger partial charge in [-0.15, -0.1) is 0 Å². The molecule has 12 heteroatoms. The number of aromatic nitrogens is 4. The van der Waals surface area contributed by atoms with E-state index in [1.54, 1.807) is 24.0 Å². The fourth-order valence-corrected chi connectivity index (χ4v) is 4.78. The zero-order valence-corrected chi connectivity index (χ0v) is 20.9. The smallest absolute Gasteiger partial charge is 0.337 e. The van der Waals surface area contributed by atoms with E-state index in [2.05, 4.69) is 41.6 Å². The molecule has 186 valence electrons. The van der Waals surface area contributed by atoms with Crippen molar-refractivity contribution in [3.63, 3.8) is 0 Å². The average Bonchev–Trinajstić information content (AvgIpc) is 3.14. The molecule has 1 aliphatic heterocycles. The van der Waals surface area contributed by atoms with Crippen LogP contribution >= 0.6 is 15.9 Å². The van der Waals surface area contributed by atoms with Crippen molar-refractivity contribution in [2.24, 2.45) is 7.05 Å². The molecule has 1 amide bonds. The molecule has 2 aromatic carbocycles. The van der Waals surface area contributed by atoms with Crippen LogP contribution < -0.4 is 10.6 Å². The molecule has 0 aliphatic carbocycles. The van der Waals surface area contributed by atoms with E-state index in [1.807, 2.05) is 37.3 Å². The molecular weight excluding hydrogens is 539 g/mol. The van der Waals surface area contributed by atoms with Crippen molar-refractivity contribution in [2.75, 3.05) is 17.2 Å². The molecule has 1 aliphatic rings. The van der Waals surface area contributed by atoms with Gasteiger partial charge in [-0.3, -0.25) is 4.79 Å². The Kier molecular flexibility index (Phi) is 6.07. The summed E-state index contributed by atoms with van der Waals surface area (Å²) >= 11 is 3.56. The second-order valence-electron chi connectivity index (χ2n) is 8.54. The van der Waals surface area contributed by atoms with E-state index in [1.165, 1.54) is 0 Å². The first-order valence-electron chi connectivity index (χ1n) is 11.1.